The van der Waals surface area contributed by atoms with E-state index in [4.69, 9.17) is 0 Å². The Morgan fingerprint density at radius 3 is 2.57 bits per heavy atom. The van der Waals surface area contributed by atoms with Gasteiger partial charge in [0, 0.05) is 11.6 Å². The van der Waals surface area contributed by atoms with E-state index in [1.54, 1.807) is 24.3 Å². The highest BCUT2D eigenvalue weighted by Crippen LogP contribution is 2.27. The smallest absolute Gasteiger partial charge is 0.356 e. The summed E-state index contributed by atoms with van der Waals surface area (Å²) in [5, 5.41) is 0.626. The summed E-state index contributed by atoms with van der Waals surface area (Å²) in [7, 11) is -2.53. The number of hydrogen-bond acceptors (Lipinski definition) is 5. The van der Waals surface area contributed by atoms with E-state index >= 15 is 0 Å². The Balaban J connectivity index is 2.29. The van der Waals surface area contributed by atoms with Gasteiger partial charge in [0.1, 0.15) is 5.69 Å². The average Bonchev–Trinajstić information content (AvgIpc) is 2.90. The largest absolute Gasteiger partial charge is 0.464 e. The summed E-state index contributed by atoms with van der Waals surface area (Å²) in [6.45, 7) is 0. The number of fused-ring (bicyclic) bond motifs is 1. The summed E-state index contributed by atoms with van der Waals surface area (Å²) in [5.74, 6) is -0.619. The van der Waals surface area contributed by atoms with Gasteiger partial charge in [-0.3, -0.25) is 0 Å². The van der Waals surface area contributed by atoms with E-state index in [1.807, 2.05) is 22.6 Å². The van der Waals surface area contributed by atoms with Crippen molar-refractivity contribution in [2.24, 2.45) is 0 Å². The maximum Gasteiger partial charge on any atom is 0.356 e. The highest BCUT2D eigenvalue weighted by atomic mass is 127. The molecule has 0 bridgehead atoms. The highest BCUT2D eigenvalue weighted by Gasteiger charge is 2.23. The molecule has 0 atom stereocenters. The minimum absolute atomic E-state index is 0.0546. The van der Waals surface area contributed by atoms with Gasteiger partial charge in [-0.05, 0) is 46.9 Å². The first-order valence-electron chi connectivity index (χ1n) is 6.51. The van der Waals surface area contributed by atoms with E-state index in [1.165, 1.54) is 35.5 Å². The first-order chi connectivity index (χ1) is 10.9. The first-order valence-corrected chi connectivity index (χ1v) is 9.03. The SMILES string of the molecule is COC(=O)c1cc2c(cn1)cc(I)n2S(=O)(=O)c1ccccc1. The number of halogens is 1. The molecule has 0 spiro atoms. The molecule has 2 heterocycles. The molecule has 0 unspecified atom stereocenters. The monoisotopic (exact) mass is 442 g/mol. The number of hydrogen-bond donors (Lipinski definition) is 0. The van der Waals surface area contributed by atoms with Gasteiger partial charge in [-0.25, -0.2) is 22.2 Å². The number of pyridine rings is 1. The van der Waals surface area contributed by atoms with Crippen molar-refractivity contribution in [3.05, 3.63) is 58.1 Å². The molecule has 23 heavy (non-hydrogen) atoms. The lowest BCUT2D eigenvalue weighted by Crippen LogP contribution is -2.14. The third-order valence-corrected chi connectivity index (χ3v) is 6.14. The molecule has 0 radical (unpaired) electrons. The van der Waals surface area contributed by atoms with Gasteiger partial charge in [0.15, 0.2) is 0 Å². The van der Waals surface area contributed by atoms with Crippen molar-refractivity contribution in [3.8, 4) is 0 Å². The van der Waals surface area contributed by atoms with E-state index < -0.39 is 16.0 Å². The summed E-state index contributed by atoms with van der Waals surface area (Å²) in [6, 6.07) is 11.2. The van der Waals surface area contributed by atoms with Gasteiger partial charge in [-0.15, -0.1) is 0 Å². The number of nitrogens with zero attached hydrogens (tertiary/aromatic N) is 2. The van der Waals surface area contributed by atoms with Crippen molar-refractivity contribution < 1.29 is 17.9 Å². The van der Waals surface area contributed by atoms with Gasteiger partial charge in [0.05, 0.1) is 21.2 Å². The fraction of sp³-hybridized carbons (Fsp3) is 0.0667. The zero-order valence-electron chi connectivity index (χ0n) is 11.9. The van der Waals surface area contributed by atoms with E-state index in [-0.39, 0.29) is 10.6 Å². The summed E-state index contributed by atoms with van der Waals surface area (Å²) in [6.07, 6.45) is 1.46. The molecule has 0 saturated heterocycles. The van der Waals surface area contributed by atoms with Crippen LogP contribution in [0.5, 0.6) is 0 Å². The van der Waals surface area contributed by atoms with Crippen LogP contribution >= 0.6 is 22.6 Å². The fourth-order valence-electron chi connectivity index (χ4n) is 2.20. The fourth-order valence-corrected chi connectivity index (χ4v) is 4.99. The molecular weight excluding hydrogens is 431 g/mol. The molecule has 0 N–H and O–H groups in total. The van der Waals surface area contributed by atoms with Crippen molar-refractivity contribution in [1.82, 2.24) is 8.96 Å². The molecule has 0 saturated carbocycles. The molecular formula is C15H11IN2O4S. The number of carbonyl (C=O) groups is 1. The lowest BCUT2D eigenvalue weighted by Gasteiger charge is -2.09. The zero-order chi connectivity index (χ0) is 16.6. The van der Waals surface area contributed by atoms with Crippen LogP contribution in [0.15, 0.2) is 53.6 Å². The quantitative estimate of drug-likeness (QED) is 0.461. The number of methoxy groups -OCH3 is 1. The van der Waals surface area contributed by atoms with Crippen LogP contribution in [-0.4, -0.2) is 30.5 Å². The van der Waals surface area contributed by atoms with E-state index in [9.17, 15) is 13.2 Å². The third kappa shape index (κ3) is 2.72. The Labute approximate surface area is 146 Å². The lowest BCUT2D eigenvalue weighted by molar-refractivity contribution is 0.0594. The summed E-state index contributed by atoms with van der Waals surface area (Å²) < 4.78 is 32.1. The molecule has 8 heteroatoms. The number of benzene rings is 1. The van der Waals surface area contributed by atoms with Crippen LogP contribution in [0.1, 0.15) is 10.5 Å². The predicted molar refractivity (Wildman–Crippen MR) is 92.8 cm³/mol. The molecule has 0 amide bonds. The molecule has 2 aromatic heterocycles. The summed E-state index contributed by atoms with van der Waals surface area (Å²) in [5.41, 5.74) is 0.438. The van der Waals surface area contributed by atoms with Crippen LogP contribution in [0.3, 0.4) is 0 Å². The van der Waals surface area contributed by atoms with Crippen LogP contribution in [0.2, 0.25) is 0 Å². The van der Waals surface area contributed by atoms with Crippen molar-refractivity contribution in [2.75, 3.05) is 7.11 Å². The second kappa shape index (κ2) is 5.93. The van der Waals surface area contributed by atoms with Crippen molar-refractivity contribution in [2.45, 2.75) is 4.90 Å². The first kappa shape index (κ1) is 15.9. The second-order valence-electron chi connectivity index (χ2n) is 4.67. The standard InChI is InChI=1S/C15H11IN2O4S/c1-22-15(19)12-8-13-10(9-17-12)7-14(16)18(13)23(20,21)11-5-3-2-4-6-11/h2-9H,1H3. The van der Waals surface area contributed by atoms with Gasteiger partial charge in [-0.1, -0.05) is 18.2 Å². The normalized spacial score (nSPS) is 11.6. The third-order valence-electron chi connectivity index (χ3n) is 3.28. The van der Waals surface area contributed by atoms with Crippen LogP contribution in [0.25, 0.3) is 10.9 Å². The molecule has 1 aromatic carbocycles. The Kier molecular flexibility index (Phi) is 4.11. The summed E-state index contributed by atoms with van der Waals surface area (Å²) in [4.78, 5) is 15.8. The summed E-state index contributed by atoms with van der Waals surface area (Å²) >= 11 is 1.94. The van der Waals surface area contributed by atoms with Gasteiger partial charge < -0.3 is 4.74 Å². The average molecular weight is 442 g/mol. The van der Waals surface area contributed by atoms with Gasteiger partial charge in [-0.2, -0.15) is 0 Å². The molecule has 0 fully saturated rings. The molecule has 3 rings (SSSR count). The number of carbonyl (C=O) groups excluding carboxylic acids is 1. The van der Waals surface area contributed by atoms with Crippen LogP contribution in [0, 0.1) is 3.70 Å². The van der Waals surface area contributed by atoms with Crippen LogP contribution in [-0.2, 0) is 14.8 Å². The van der Waals surface area contributed by atoms with Crippen LogP contribution < -0.4 is 0 Å². The second-order valence-corrected chi connectivity index (χ2v) is 7.56. The molecule has 3 aromatic rings. The zero-order valence-corrected chi connectivity index (χ0v) is 14.9. The maximum atomic E-state index is 12.9. The van der Waals surface area contributed by atoms with Crippen LogP contribution in [0.4, 0.5) is 0 Å². The predicted octanol–water partition coefficient (Wildman–Crippen LogP) is 2.66. The molecule has 0 aliphatic carbocycles. The van der Waals surface area contributed by atoms with Crippen molar-refractivity contribution in [1.29, 1.82) is 0 Å². The Morgan fingerprint density at radius 1 is 1.22 bits per heavy atom. The van der Waals surface area contributed by atoms with E-state index in [0.29, 0.717) is 14.6 Å². The minimum atomic E-state index is -3.77. The highest BCUT2D eigenvalue weighted by molar-refractivity contribution is 14.1. The van der Waals surface area contributed by atoms with Gasteiger partial charge in [0.25, 0.3) is 10.0 Å². The number of esters is 1. The molecule has 0 aliphatic heterocycles. The number of ether oxygens (including phenoxy) is 1. The lowest BCUT2D eigenvalue weighted by atomic mass is 10.3. The molecule has 6 nitrogen and oxygen atoms in total. The van der Waals surface area contributed by atoms with Crippen molar-refractivity contribution >= 4 is 49.5 Å². The Hall–Kier alpha value is -1.94. The van der Waals surface area contributed by atoms with E-state index in [0.717, 1.165) is 0 Å². The van der Waals surface area contributed by atoms with Gasteiger partial charge >= 0.3 is 5.97 Å². The Bertz CT molecular complexity index is 997. The molecule has 118 valence electrons. The molecule has 0 aliphatic rings. The topological polar surface area (TPSA) is 78.3 Å². The minimum Gasteiger partial charge on any atom is -0.464 e. The van der Waals surface area contributed by atoms with Crippen molar-refractivity contribution in [3.63, 3.8) is 0 Å². The number of aromatic nitrogens is 2. The van der Waals surface area contributed by atoms with Gasteiger partial charge in [0.2, 0.25) is 0 Å². The number of rotatable bonds is 3. The van der Waals surface area contributed by atoms with E-state index in [2.05, 4.69) is 9.72 Å². The Morgan fingerprint density at radius 2 is 1.91 bits per heavy atom. The maximum absolute atomic E-state index is 12.9.